The fraction of sp³-hybridized carbons (Fsp3) is 0.148. The molecule has 1 aliphatic heterocycles. The second-order valence-electron chi connectivity index (χ2n) is 8.16. The van der Waals surface area contributed by atoms with Crippen molar-refractivity contribution >= 4 is 23.2 Å². The second kappa shape index (κ2) is 9.64. The molecule has 0 saturated carbocycles. The van der Waals surface area contributed by atoms with Gasteiger partial charge in [0.2, 0.25) is 5.82 Å². The summed E-state index contributed by atoms with van der Waals surface area (Å²) in [6.45, 7) is 2.30. The van der Waals surface area contributed by atoms with Crippen LogP contribution in [0.4, 0.5) is 4.79 Å². The number of rotatable bonds is 6. The fourth-order valence-electron chi connectivity index (χ4n) is 4.14. The lowest BCUT2D eigenvalue weighted by Gasteiger charge is -2.35. The molecule has 0 aliphatic carbocycles. The van der Waals surface area contributed by atoms with Gasteiger partial charge in [0.25, 0.3) is 5.89 Å². The largest absolute Gasteiger partial charge is 0.497 e. The zero-order chi connectivity index (χ0) is 24.4. The Kier molecular flexibility index (Phi) is 6.25. The second-order valence-corrected chi connectivity index (χ2v) is 8.60. The van der Waals surface area contributed by atoms with Crippen LogP contribution in [0.2, 0.25) is 5.02 Å². The first-order chi connectivity index (χ1) is 17.0. The Bertz CT molecular complexity index is 1380. The van der Waals surface area contributed by atoms with Crippen molar-refractivity contribution in [2.24, 2.45) is 0 Å². The zero-order valence-corrected chi connectivity index (χ0v) is 20.0. The number of urea groups is 1. The van der Waals surface area contributed by atoms with Crippen molar-refractivity contribution in [2.45, 2.75) is 19.5 Å². The Labute approximate surface area is 208 Å². The third-order valence-corrected chi connectivity index (χ3v) is 6.20. The van der Waals surface area contributed by atoms with Crippen LogP contribution in [0.5, 0.6) is 5.75 Å². The van der Waals surface area contributed by atoms with Crippen molar-refractivity contribution in [3.8, 4) is 17.1 Å². The van der Waals surface area contributed by atoms with Gasteiger partial charge in [-0.25, -0.2) is 4.79 Å². The van der Waals surface area contributed by atoms with Gasteiger partial charge in [0.05, 0.1) is 25.3 Å². The SMILES string of the molecule is COc1ccc(-c2noc(C3=C(C)N(Cc4ccccc4)C(=O)NC3c3cccc(Cl)c3)n2)cc1. The van der Waals surface area contributed by atoms with Gasteiger partial charge < -0.3 is 14.6 Å². The van der Waals surface area contributed by atoms with Crippen molar-refractivity contribution in [2.75, 3.05) is 7.11 Å². The van der Waals surface area contributed by atoms with Gasteiger partial charge in [0.1, 0.15) is 5.75 Å². The Morgan fingerprint density at radius 1 is 1.06 bits per heavy atom. The van der Waals surface area contributed by atoms with E-state index in [9.17, 15) is 4.79 Å². The van der Waals surface area contributed by atoms with Crippen molar-refractivity contribution in [3.63, 3.8) is 0 Å². The van der Waals surface area contributed by atoms with Crippen LogP contribution in [0.1, 0.15) is 30.0 Å². The predicted molar refractivity (Wildman–Crippen MR) is 134 cm³/mol. The Hall–Kier alpha value is -4.10. The number of hydrogen-bond acceptors (Lipinski definition) is 5. The monoisotopic (exact) mass is 486 g/mol. The number of halogens is 1. The van der Waals surface area contributed by atoms with E-state index in [2.05, 4.69) is 15.5 Å². The highest BCUT2D eigenvalue weighted by atomic mass is 35.5. The molecule has 5 rings (SSSR count). The lowest BCUT2D eigenvalue weighted by molar-refractivity contribution is 0.203. The van der Waals surface area contributed by atoms with E-state index in [0.29, 0.717) is 23.3 Å². The molecule has 4 aromatic rings. The van der Waals surface area contributed by atoms with E-state index in [1.807, 2.05) is 79.7 Å². The molecule has 3 aromatic carbocycles. The summed E-state index contributed by atoms with van der Waals surface area (Å²) in [5.41, 5.74) is 4.07. The first-order valence-electron chi connectivity index (χ1n) is 11.1. The Morgan fingerprint density at radius 2 is 1.83 bits per heavy atom. The molecule has 7 nitrogen and oxygen atoms in total. The summed E-state index contributed by atoms with van der Waals surface area (Å²) in [5.74, 6) is 1.51. The molecule has 0 radical (unpaired) electrons. The standard InChI is InChI=1S/C27H23ClN4O3/c1-17-23(26-30-25(31-35-26)19-11-13-22(34-2)14-12-19)24(20-9-6-10-21(28)15-20)29-27(33)32(17)16-18-7-4-3-5-8-18/h3-15,24H,16H2,1-2H3,(H,29,33). The number of nitrogens with zero attached hydrogens (tertiary/aromatic N) is 3. The first-order valence-corrected chi connectivity index (χ1v) is 11.5. The summed E-state index contributed by atoms with van der Waals surface area (Å²) in [6.07, 6.45) is 0. The van der Waals surface area contributed by atoms with Crippen LogP contribution in [-0.2, 0) is 6.54 Å². The number of ether oxygens (including phenoxy) is 1. The molecule has 2 heterocycles. The van der Waals surface area contributed by atoms with Crippen molar-refractivity contribution in [1.29, 1.82) is 0 Å². The summed E-state index contributed by atoms with van der Waals surface area (Å²) < 4.78 is 11.0. The van der Waals surface area contributed by atoms with Crippen molar-refractivity contribution in [3.05, 3.63) is 107 Å². The molecule has 1 atom stereocenters. The van der Waals surface area contributed by atoms with E-state index >= 15 is 0 Å². The van der Waals surface area contributed by atoms with Gasteiger partial charge in [-0.1, -0.05) is 59.2 Å². The number of benzene rings is 3. The summed E-state index contributed by atoms with van der Waals surface area (Å²) in [5, 5.41) is 7.88. The highest BCUT2D eigenvalue weighted by molar-refractivity contribution is 6.30. The molecule has 8 heteroatoms. The summed E-state index contributed by atoms with van der Waals surface area (Å²) in [7, 11) is 1.62. The predicted octanol–water partition coefficient (Wildman–Crippen LogP) is 6.10. The molecule has 1 N–H and O–H groups in total. The maximum atomic E-state index is 13.2. The van der Waals surface area contributed by atoms with E-state index in [1.54, 1.807) is 18.1 Å². The molecule has 1 aliphatic rings. The fourth-order valence-corrected chi connectivity index (χ4v) is 4.34. The lowest BCUT2D eigenvalue weighted by atomic mass is 9.94. The molecule has 0 fully saturated rings. The molecule has 1 aromatic heterocycles. The molecule has 0 bridgehead atoms. The average molecular weight is 487 g/mol. The maximum absolute atomic E-state index is 13.2. The number of nitrogens with one attached hydrogen (secondary N) is 1. The summed E-state index contributed by atoms with van der Waals surface area (Å²) >= 11 is 6.27. The van der Waals surface area contributed by atoms with E-state index in [-0.39, 0.29) is 6.03 Å². The van der Waals surface area contributed by atoms with E-state index in [4.69, 9.17) is 20.9 Å². The number of carbonyl (C=O) groups excluding carboxylic acids is 1. The van der Waals surface area contributed by atoms with Gasteiger partial charge in [-0.05, 0) is 54.4 Å². The van der Waals surface area contributed by atoms with Crippen LogP contribution < -0.4 is 10.1 Å². The number of carbonyl (C=O) groups is 1. The summed E-state index contributed by atoms with van der Waals surface area (Å²) in [6, 6.07) is 23.9. The van der Waals surface area contributed by atoms with Crippen molar-refractivity contribution < 1.29 is 14.1 Å². The number of methoxy groups -OCH3 is 1. The molecular formula is C27H23ClN4O3. The third-order valence-electron chi connectivity index (χ3n) is 5.97. The highest BCUT2D eigenvalue weighted by Gasteiger charge is 2.35. The molecule has 35 heavy (non-hydrogen) atoms. The smallest absolute Gasteiger partial charge is 0.322 e. The van der Waals surface area contributed by atoms with E-state index in [1.165, 1.54) is 0 Å². The quantitative estimate of drug-likeness (QED) is 0.356. The van der Waals surface area contributed by atoms with Crippen LogP contribution in [0.15, 0.2) is 89.1 Å². The van der Waals surface area contributed by atoms with Crippen LogP contribution in [0.3, 0.4) is 0 Å². The topological polar surface area (TPSA) is 80.5 Å². The minimum Gasteiger partial charge on any atom is -0.497 e. The molecule has 1 unspecified atom stereocenters. The zero-order valence-electron chi connectivity index (χ0n) is 19.2. The number of aromatic nitrogens is 2. The van der Waals surface area contributed by atoms with Gasteiger partial charge in [-0.15, -0.1) is 0 Å². The van der Waals surface area contributed by atoms with E-state index in [0.717, 1.165) is 33.7 Å². The van der Waals surface area contributed by atoms with Gasteiger partial charge in [-0.3, -0.25) is 4.90 Å². The molecule has 2 amide bonds. The number of hydrogen-bond donors (Lipinski definition) is 1. The highest BCUT2D eigenvalue weighted by Crippen LogP contribution is 2.38. The minimum atomic E-state index is -0.502. The van der Waals surface area contributed by atoms with Crippen LogP contribution in [0, 0.1) is 0 Å². The molecule has 176 valence electrons. The van der Waals surface area contributed by atoms with Crippen LogP contribution >= 0.6 is 11.6 Å². The Balaban J connectivity index is 1.58. The number of allylic oxidation sites excluding steroid dienone is 1. The van der Waals surface area contributed by atoms with Crippen LogP contribution in [-0.4, -0.2) is 28.2 Å². The van der Waals surface area contributed by atoms with Gasteiger partial charge in [0, 0.05) is 16.3 Å². The molecule has 0 saturated heterocycles. The normalized spacial score (nSPS) is 15.8. The van der Waals surface area contributed by atoms with Gasteiger partial charge >= 0.3 is 6.03 Å². The van der Waals surface area contributed by atoms with E-state index < -0.39 is 6.04 Å². The van der Waals surface area contributed by atoms with Crippen molar-refractivity contribution in [1.82, 2.24) is 20.4 Å². The van der Waals surface area contributed by atoms with Gasteiger partial charge in [0.15, 0.2) is 0 Å². The minimum absolute atomic E-state index is 0.213. The van der Waals surface area contributed by atoms with Crippen LogP contribution in [0.25, 0.3) is 17.0 Å². The summed E-state index contributed by atoms with van der Waals surface area (Å²) in [4.78, 5) is 19.6. The Morgan fingerprint density at radius 3 is 2.54 bits per heavy atom. The molecular weight excluding hydrogens is 464 g/mol. The maximum Gasteiger partial charge on any atom is 0.322 e. The third kappa shape index (κ3) is 4.63. The number of amides is 2. The first kappa shape index (κ1) is 22.7. The lowest BCUT2D eigenvalue weighted by Crippen LogP contribution is -2.45. The average Bonchev–Trinajstić information content (AvgIpc) is 3.36. The van der Waals surface area contributed by atoms with Gasteiger partial charge in [-0.2, -0.15) is 4.98 Å². The molecule has 0 spiro atoms.